The highest BCUT2D eigenvalue weighted by Crippen LogP contribution is 2.08. The third kappa shape index (κ3) is 3.74. The molecule has 1 aliphatic rings. The van der Waals surface area contributed by atoms with E-state index < -0.39 is 0 Å². The highest BCUT2D eigenvalue weighted by molar-refractivity contribution is 5.74. The Labute approximate surface area is 83.6 Å². The Bertz CT molecular complexity index is 230. The molecule has 1 saturated heterocycles. The maximum Gasteiger partial charge on any atom is 0.218 e. The van der Waals surface area contributed by atoms with E-state index in [9.17, 15) is 9.59 Å². The number of likely N-dealkylation sites (tertiary alicyclic amines) is 1. The van der Waals surface area contributed by atoms with Gasteiger partial charge in [-0.2, -0.15) is 0 Å². The van der Waals surface area contributed by atoms with Crippen LogP contribution in [0, 0.1) is 0 Å². The first-order valence-corrected chi connectivity index (χ1v) is 4.85. The second kappa shape index (κ2) is 4.95. The van der Waals surface area contributed by atoms with Crippen LogP contribution in [0.5, 0.6) is 0 Å². The third-order valence-corrected chi connectivity index (χ3v) is 2.35. The second-order valence-corrected chi connectivity index (χ2v) is 3.70. The molecule has 5 heteroatoms. The monoisotopic (exact) mass is 199 g/mol. The van der Waals surface area contributed by atoms with Crippen LogP contribution < -0.4 is 11.1 Å². The average Bonchev–Trinajstić information content (AvgIpc) is 2.47. The minimum absolute atomic E-state index is 0.00625. The molecule has 0 aromatic heterocycles. The smallest absolute Gasteiger partial charge is 0.218 e. The van der Waals surface area contributed by atoms with E-state index >= 15 is 0 Å². The van der Waals surface area contributed by atoms with Gasteiger partial charge in [0.2, 0.25) is 11.8 Å². The van der Waals surface area contributed by atoms with E-state index in [4.69, 9.17) is 5.73 Å². The lowest BCUT2D eigenvalue weighted by molar-refractivity contribution is -0.120. The van der Waals surface area contributed by atoms with Gasteiger partial charge in [-0.15, -0.1) is 0 Å². The average molecular weight is 199 g/mol. The molecule has 0 radical (unpaired) electrons. The number of rotatable bonds is 4. The van der Waals surface area contributed by atoms with Crippen LogP contribution in [-0.2, 0) is 9.59 Å². The van der Waals surface area contributed by atoms with Crippen LogP contribution in [0.15, 0.2) is 0 Å². The summed E-state index contributed by atoms with van der Waals surface area (Å²) in [6.07, 6.45) is 1.35. The second-order valence-electron chi connectivity index (χ2n) is 3.70. The highest BCUT2D eigenvalue weighted by atomic mass is 16.1. The molecular formula is C9H17N3O2. The Morgan fingerprint density at radius 1 is 1.57 bits per heavy atom. The van der Waals surface area contributed by atoms with Crippen molar-refractivity contribution in [1.82, 2.24) is 10.2 Å². The fraction of sp³-hybridized carbons (Fsp3) is 0.778. The Morgan fingerprint density at radius 2 is 2.29 bits per heavy atom. The van der Waals surface area contributed by atoms with E-state index in [2.05, 4.69) is 10.2 Å². The van der Waals surface area contributed by atoms with E-state index in [0.717, 1.165) is 19.5 Å². The fourth-order valence-electron chi connectivity index (χ4n) is 1.71. The zero-order valence-electron chi connectivity index (χ0n) is 8.45. The summed E-state index contributed by atoms with van der Waals surface area (Å²) in [5.74, 6) is -0.264. The van der Waals surface area contributed by atoms with E-state index in [1.54, 1.807) is 0 Å². The van der Waals surface area contributed by atoms with Crippen LogP contribution in [0.4, 0.5) is 0 Å². The maximum atomic E-state index is 10.8. The van der Waals surface area contributed by atoms with Crippen molar-refractivity contribution in [3.63, 3.8) is 0 Å². The summed E-state index contributed by atoms with van der Waals surface area (Å²) in [4.78, 5) is 23.5. The van der Waals surface area contributed by atoms with Crippen LogP contribution in [0.1, 0.15) is 19.8 Å². The minimum atomic E-state index is -0.270. The third-order valence-electron chi connectivity index (χ3n) is 2.35. The Balaban J connectivity index is 2.20. The number of hydrogen-bond acceptors (Lipinski definition) is 3. The molecule has 1 rings (SSSR count). The quantitative estimate of drug-likeness (QED) is 0.614. The van der Waals surface area contributed by atoms with Gasteiger partial charge in [0.05, 0.1) is 0 Å². The van der Waals surface area contributed by atoms with Crippen molar-refractivity contribution >= 4 is 11.8 Å². The lowest BCUT2D eigenvalue weighted by atomic mass is 10.2. The molecule has 0 bridgehead atoms. The van der Waals surface area contributed by atoms with Gasteiger partial charge in [0.25, 0.3) is 0 Å². The highest BCUT2D eigenvalue weighted by Gasteiger charge is 2.22. The van der Waals surface area contributed by atoms with Gasteiger partial charge in [-0.05, 0) is 6.42 Å². The molecule has 1 unspecified atom stereocenters. The normalized spacial score (nSPS) is 22.2. The summed E-state index contributed by atoms with van der Waals surface area (Å²) in [5.41, 5.74) is 5.05. The largest absolute Gasteiger partial charge is 0.370 e. The van der Waals surface area contributed by atoms with E-state index in [-0.39, 0.29) is 17.9 Å². The van der Waals surface area contributed by atoms with Gasteiger partial charge in [-0.1, -0.05) is 0 Å². The maximum absolute atomic E-state index is 10.8. The van der Waals surface area contributed by atoms with Crippen molar-refractivity contribution in [1.29, 1.82) is 0 Å². The number of primary amides is 1. The molecule has 0 aromatic carbocycles. The summed E-state index contributed by atoms with van der Waals surface area (Å²) >= 11 is 0. The molecule has 80 valence electrons. The zero-order chi connectivity index (χ0) is 10.6. The predicted octanol–water partition coefficient (Wildman–Crippen LogP) is -0.928. The van der Waals surface area contributed by atoms with Gasteiger partial charge in [0.15, 0.2) is 0 Å². The van der Waals surface area contributed by atoms with Gasteiger partial charge >= 0.3 is 0 Å². The van der Waals surface area contributed by atoms with E-state index in [0.29, 0.717) is 13.0 Å². The SMILES string of the molecule is CC(=O)NC1CCN(CCC(N)=O)C1. The Kier molecular flexibility index (Phi) is 3.88. The van der Waals surface area contributed by atoms with Crippen molar-refractivity contribution in [2.45, 2.75) is 25.8 Å². The van der Waals surface area contributed by atoms with Crippen LogP contribution in [-0.4, -0.2) is 42.4 Å². The summed E-state index contributed by atoms with van der Waals surface area (Å²) < 4.78 is 0. The molecule has 1 atom stereocenters. The molecule has 1 heterocycles. The summed E-state index contributed by atoms with van der Waals surface area (Å²) in [5, 5.41) is 2.86. The molecule has 1 aliphatic heterocycles. The van der Waals surface area contributed by atoms with Crippen molar-refractivity contribution in [2.75, 3.05) is 19.6 Å². The fourth-order valence-corrected chi connectivity index (χ4v) is 1.71. The van der Waals surface area contributed by atoms with E-state index in [1.807, 2.05) is 0 Å². The predicted molar refractivity (Wildman–Crippen MR) is 52.5 cm³/mol. The van der Waals surface area contributed by atoms with Gasteiger partial charge < -0.3 is 16.0 Å². The molecule has 0 spiro atoms. The first-order valence-electron chi connectivity index (χ1n) is 4.85. The number of amides is 2. The molecule has 0 saturated carbocycles. The zero-order valence-corrected chi connectivity index (χ0v) is 8.45. The summed E-state index contributed by atoms with van der Waals surface area (Å²) in [7, 11) is 0. The number of nitrogens with zero attached hydrogens (tertiary/aromatic N) is 1. The van der Waals surface area contributed by atoms with Crippen LogP contribution in [0.2, 0.25) is 0 Å². The van der Waals surface area contributed by atoms with Gasteiger partial charge in [-0.3, -0.25) is 9.59 Å². The minimum Gasteiger partial charge on any atom is -0.370 e. The number of hydrogen-bond donors (Lipinski definition) is 2. The molecule has 0 aromatic rings. The summed E-state index contributed by atoms with van der Waals surface area (Å²) in [6, 6.07) is 0.236. The molecule has 3 N–H and O–H groups in total. The van der Waals surface area contributed by atoms with Crippen LogP contribution >= 0.6 is 0 Å². The number of carbonyl (C=O) groups excluding carboxylic acids is 2. The van der Waals surface area contributed by atoms with Crippen molar-refractivity contribution in [2.24, 2.45) is 5.73 Å². The molecule has 0 aliphatic carbocycles. The number of carbonyl (C=O) groups is 2. The lowest BCUT2D eigenvalue weighted by Gasteiger charge is -2.14. The summed E-state index contributed by atoms with van der Waals surface area (Å²) in [6.45, 7) is 3.97. The molecular weight excluding hydrogens is 182 g/mol. The topological polar surface area (TPSA) is 75.4 Å². The van der Waals surface area contributed by atoms with Crippen molar-refractivity contribution in [3.8, 4) is 0 Å². The number of nitrogens with two attached hydrogens (primary N) is 1. The first-order chi connectivity index (χ1) is 6.58. The van der Waals surface area contributed by atoms with Crippen molar-refractivity contribution < 1.29 is 9.59 Å². The van der Waals surface area contributed by atoms with Gasteiger partial charge in [0, 0.05) is 39.0 Å². The van der Waals surface area contributed by atoms with E-state index in [1.165, 1.54) is 6.92 Å². The Hall–Kier alpha value is -1.10. The number of nitrogens with one attached hydrogen (secondary N) is 1. The standard InChI is InChI=1S/C9H17N3O2/c1-7(13)11-8-2-4-12(6-8)5-3-9(10)14/h8H,2-6H2,1H3,(H2,10,14)(H,11,13). The molecule has 1 fully saturated rings. The van der Waals surface area contributed by atoms with Gasteiger partial charge in [0.1, 0.15) is 0 Å². The molecule has 14 heavy (non-hydrogen) atoms. The van der Waals surface area contributed by atoms with Crippen molar-refractivity contribution in [3.05, 3.63) is 0 Å². The van der Waals surface area contributed by atoms with Gasteiger partial charge in [-0.25, -0.2) is 0 Å². The molecule has 5 nitrogen and oxygen atoms in total. The Morgan fingerprint density at radius 3 is 2.86 bits per heavy atom. The van der Waals surface area contributed by atoms with Crippen LogP contribution in [0.3, 0.4) is 0 Å². The molecule has 2 amide bonds. The lowest BCUT2D eigenvalue weighted by Crippen LogP contribution is -2.36. The van der Waals surface area contributed by atoms with Crippen LogP contribution in [0.25, 0.3) is 0 Å². The first kappa shape index (κ1) is 11.0.